The molecule has 0 aliphatic carbocycles. The molecule has 0 aliphatic rings. The van der Waals surface area contributed by atoms with E-state index in [1.54, 1.807) is 26.2 Å². The van der Waals surface area contributed by atoms with Crippen molar-refractivity contribution in [3.63, 3.8) is 0 Å². The molecule has 0 saturated heterocycles. The number of nitrogens with zero attached hydrogens (tertiary/aromatic N) is 3. The van der Waals surface area contributed by atoms with E-state index in [1.165, 1.54) is 4.90 Å². The predicted octanol–water partition coefficient (Wildman–Crippen LogP) is 6.33. The molecule has 0 unspecified atom stereocenters. The number of rotatable bonds is 7. The van der Waals surface area contributed by atoms with Crippen molar-refractivity contribution in [1.29, 1.82) is 0 Å². The standard InChI is InChI=1S/C28H28N4O4/c1-4-5-10-26-30-23-16-15-21(29-27(33)31(2)3)17-24(23)32(26)18-19-11-13-20(14-12-19)22-8-6-7-9-25(22)36-28(34)35/h5-17H,4,18H2,1-3H3,(H,29,33)(H,34,35)/b10-5+. The van der Waals surface area contributed by atoms with E-state index >= 15 is 0 Å². The molecular weight excluding hydrogens is 456 g/mol. The lowest BCUT2D eigenvalue weighted by Gasteiger charge is -2.13. The number of ether oxygens (including phenoxy) is 1. The second-order valence-corrected chi connectivity index (χ2v) is 8.46. The minimum atomic E-state index is -1.35. The molecule has 0 fully saturated rings. The molecule has 0 saturated carbocycles. The Labute approximate surface area is 209 Å². The van der Waals surface area contributed by atoms with Gasteiger partial charge in [0.1, 0.15) is 11.6 Å². The SMILES string of the molecule is CC/C=C/c1nc2ccc(NC(=O)N(C)C)cc2n1Cc1ccc(-c2ccccc2OC(=O)O)cc1. The smallest absolute Gasteiger partial charge is 0.449 e. The van der Waals surface area contributed by atoms with E-state index in [1.807, 2.05) is 60.7 Å². The summed E-state index contributed by atoms with van der Waals surface area (Å²) in [5.74, 6) is 1.12. The van der Waals surface area contributed by atoms with E-state index in [-0.39, 0.29) is 11.8 Å². The quantitative estimate of drug-likeness (QED) is 0.236. The number of carbonyl (C=O) groups is 2. The number of allylic oxidation sites excluding steroid dienone is 1. The molecule has 2 amide bonds. The number of aromatic nitrogens is 2. The van der Waals surface area contributed by atoms with Crippen LogP contribution in [-0.2, 0) is 6.54 Å². The van der Waals surface area contributed by atoms with Crippen LogP contribution in [0.4, 0.5) is 15.3 Å². The molecule has 0 spiro atoms. The molecule has 0 aliphatic heterocycles. The van der Waals surface area contributed by atoms with Crippen molar-refractivity contribution in [2.45, 2.75) is 19.9 Å². The molecule has 0 radical (unpaired) electrons. The summed E-state index contributed by atoms with van der Waals surface area (Å²) in [7, 11) is 3.39. The summed E-state index contributed by atoms with van der Waals surface area (Å²) in [5.41, 5.74) is 5.04. The molecule has 8 heteroatoms. The monoisotopic (exact) mass is 484 g/mol. The molecule has 4 aromatic rings. The van der Waals surface area contributed by atoms with Crippen LogP contribution >= 0.6 is 0 Å². The maximum absolute atomic E-state index is 12.1. The van der Waals surface area contributed by atoms with Gasteiger partial charge in [0.05, 0.1) is 11.0 Å². The number of benzene rings is 3. The van der Waals surface area contributed by atoms with E-state index in [2.05, 4.69) is 22.9 Å². The van der Waals surface area contributed by atoms with Crippen LogP contribution in [0.2, 0.25) is 0 Å². The molecule has 36 heavy (non-hydrogen) atoms. The zero-order valence-electron chi connectivity index (χ0n) is 20.4. The van der Waals surface area contributed by atoms with Gasteiger partial charge in [-0.05, 0) is 47.9 Å². The highest BCUT2D eigenvalue weighted by Gasteiger charge is 2.13. The van der Waals surface area contributed by atoms with Crippen molar-refractivity contribution in [3.05, 3.63) is 84.2 Å². The first-order chi connectivity index (χ1) is 17.4. The van der Waals surface area contributed by atoms with Gasteiger partial charge in [0, 0.05) is 31.9 Å². The molecular formula is C28H28N4O4. The van der Waals surface area contributed by atoms with Crippen molar-refractivity contribution in [2.24, 2.45) is 0 Å². The van der Waals surface area contributed by atoms with E-state index < -0.39 is 6.16 Å². The van der Waals surface area contributed by atoms with Crippen LogP contribution in [0.15, 0.2) is 72.8 Å². The highest BCUT2D eigenvalue weighted by molar-refractivity contribution is 5.92. The number of carbonyl (C=O) groups excluding carboxylic acids is 1. The third-order valence-corrected chi connectivity index (χ3v) is 5.63. The molecule has 0 bridgehead atoms. The predicted molar refractivity (Wildman–Crippen MR) is 141 cm³/mol. The number of urea groups is 1. The first-order valence-corrected chi connectivity index (χ1v) is 11.6. The molecule has 8 nitrogen and oxygen atoms in total. The second-order valence-electron chi connectivity index (χ2n) is 8.46. The Morgan fingerprint density at radius 2 is 1.83 bits per heavy atom. The van der Waals surface area contributed by atoms with Crippen molar-refractivity contribution >= 4 is 35.0 Å². The number of imidazole rings is 1. The van der Waals surface area contributed by atoms with Gasteiger partial charge in [-0.3, -0.25) is 0 Å². The highest BCUT2D eigenvalue weighted by Crippen LogP contribution is 2.30. The zero-order chi connectivity index (χ0) is 25.7. The van der Waals surface area contributed by atoms with Crippen LogP contribution in [0.25, 0.3) is 28.2 Å². The summed E-state index contributed by atoms with van der Waals surface area (Å²) < 4.78 is 7.05. The van der Waals surface area contributed by atoms with Gasteiger partial charge in [0.2, 0.25) is 0 Å². The summed E-state index contributed by atoms with van der Waals surface area (Å²) in [6.45, 7) is 2.64. The summed E-state index contributed by atoms with van der Waals surface area (Å²) in [4.78, 5) is 29.5. The molecule has 0 atom stereocenters. The fourth-order valence-electron chi connectivity index (χ4n) is 3.83. The van der Waals surface area contributed by atoms with Crippen LogP contribution in [0.1, 0.15) is 24.7 Å². The van der Waals surface area contributed by atoms with Crippen LogP contribution in [-0.4, -0.2) is 45.8 Å². The summed E-state index contributed by atoms with van der Waals surface area (Å²) in [5, 5.41) is 11.9. The fourth-order valence-corrected chi connectivity index (χ4v) is 3.83. The van der Waals surface area contributed by atoms with Gasteiger partial charge in [-0.1, -0.05) is 55.5 Å². The van der Waals surface area contributed by atoms with E-state index in [0.717, 1.165) is 34.4 Å². The minimum absolute atomic E-state index is 0.200. The normalized spacial score (nSPS) is 11.1. The van der Waals surface area contributed by atoms with Gasteiger partial charge in [-0.25, -0.2) is 14.6 Å². The number of fused-ring (bicyclic) bond motifs is 1. The number of anilines is 1. The molecule has 1 heterocycles. The highest BCUT2D eigenvalue weighted by atomic mass is 16.7. The average molecular weight is 485 g/mol. The third kappa shape index (κ3) is 5.55. The van der Waals surface area contributed by atoms with E-state index in [4.69, 9.17) is 14.8 Å². The maximum atomic E-state index is 12.1. The summed E-state index contributed by atoms with van der Waals surface area (Å²) in [6.07, 6.45) is 3.61. The van der Waals surface area contributed by atoms with Crippen molar-refractivity contribution in [3.8, 4) is 16.9 Å². The number of amides is 2. The number of carboxylic acid groups (broad SMARTS) is 1. The van der Waals surface area contributed by atoms with Crippen LogP contribution in [0.3, 0.4) is 0 Å². The van der Waals surface area contributed by atoms with Crippen molar-refractivity contribution in [1.82, 2.24) is 14.5 Å². The van der Waals surface area contributed by atoms with Crippen LogP contribution < -0.4 is 10.1 Å². The lowest BCUT2D eigenvalue weighted by atomic mass is 10.0. The van der Waals surface area contributed by atoms with Crippen LogP contribution in [0.5, 0.6) is 5.75 Å². The van der Waals surface area contributed by atoms with Crippen LogP contribution in [0, 0.1) is 0 Å². The number of para-hydroxylation sites is 1. The largest absolute Gasteiger partial charge is 0.511 e. The van der Waals surface area contributed by atoms with Gasteiger partial charge in [-0.2, -0.15) is 0 Å². The first-order valence-electron chi connectivity index (χ1n) is 11.6. The van der Waals surface area contributed by atoms with E-state index in [0.29, 0.717) is 17.8 Å². The van der Waals surface area contributed by atoms with Gasteiger partial charge < -0.3 is 24.6 Å². The molecule has 184 valence electrons. The summed E-state index contributed by atoms with van der Waals surface area (Å²) in [6, 6.07) is 20.4. The molecule has 1 aromatic heterocycles. The third-order valence-electron chi connectivity index (χ3n) is 5.63. The Balaban J connectivity index is 1.68. The Hall–Kier alpha value is -4.59. The Morgan fingerprint density at radius 1 is 1.08 bits per heavy atom. The van der Waals surface area contributed by atoms with Gasteiger partial charge in [0.15, 0.2) is 0 Å². The maximum Gasteiger partial charge on any atom is 0.511 e. The average Bonchev–Trinajstić information content (AvgIpc) is 3.19. The van der Waals surface area contributed by atoms with Gasteiger partial charge in [-0.15, -0.1) is 0 Å². The lowest BCUT2D eigenvalue weighted by molar-refractivity contribution is 0.144. The number of hydrogen-bond acceptors (Lipinski definition) is 4. The number of hydrogen-bond donors (Lipinski definition) is 2. The molecule has 3 aromatic carbocycles. The van der Waals surface area contributed by atoms with Crippen molar-refractivity contribution < 1.29 is 19.4 Å². The lowest BCUT2D eigenvalue weighted by Crippen LogP contribution is -2.27. The Morgan fingerprint density at radius 3 is 2.53 bits per heavy atom. The Bertz CT molecular complexity index is 1420. The number of nitrogens with one attached hydrogen (secondary N) is 1. The zero-order valence-corrected chi connectivity index (χ0v) is 20.4. The molecule has 4 rings (SSSR count). The summed E-state index contributed by atoms with van der Waals surface area (Å²) >= 11 is 0. The van der Waals surface area contributed by atoms with Gasteiger partial charge in [0.25, 0.3) is 0 Å². The fraction of sp³-hybridized carbons (Fsp3) is 0.179. The van der Waals surface area contributed by atoms with Crippen molar-refractivity contribution in [2.75, 3.05) is 19.4 Å². The Kier molecular flexibility index (Phi) is 7.34. The topological polar surface area (TPSA) is 96.7 Å². The molecule has 2 N–H and O–H groups in total. The van der Waals surface area contributed by atoms with Gasteiger partial charge >= 0.3 is 12.2 Å². The minimum Gasteiger partial charge on any atom is -0.449 e. The second kappa shape index (κ2) is 10.8. The first kappa shape index (κ1) is 24.5. The van der Waals surface area contributed by atoms with E-state index in [9.17, 15) is 9.59 Å².